The average molecular weight is 456 g/mol. The zero-order valence-electron chi connectivity index (χ0n) is 16.3. The summed E-state index contributed by atoms with van der Waals surface area (Å²) in [6.07, 6.45) is 2.34. The first-order chi connectivity index (χ1) is 13.8. The van der Waals surface area contributed by atoms with Gasteiger partial charge in [0.25, 0.3) is 0 Å². The molecule has 12 heteroatoms. The molecule has 0 unspecified atom stereocenters. The van der Waals surface area contributed by atoms with Crippen LogP contribution in [-0.2, 0) is 19.1 Å². The lowest BCUT2D eigenvalue weighted by molar-refractivity contribution is -0.344. The molecule has 0 aromatic rings. The Morgan fingerprint density at radius 2 is 1.27 bits per heavy atom. The Bertz CT molecular complexity index is 564. The highest BCUT2D eigenvalue weighted by Crippen LogP contribution is 2.48. The van der Waals surface area contributed by atoms with Gasteiger partial charge in [-0.3, -0.25) is 0 Å². The molecule has 0 rings (SSSR count). The minimum absolute atomic E-state index is 0.0268. The molecule has 30 heavy (non-hydrogen) atoms. The van der Waals surface area contributed by atoms with E-state index in [0.29, 0.717) is 12.5 Å². The van der Waals surface area contributed by atoms with Crippen LogP contribution in [0.15, 0.2) is 12.2 Å². The summed E-state index contributed by atoms with van der Waals surface area (Å²) in [5.74, 6) is -21.4. The highest BCUT2D eigenvalue weighted by molar-refractivity contribution is 5.91. The van der Waals surface area contributed by atoms with Crippen molar-refractivity contribution in [1.29, 1.82) is 0 Å². The molecule has 0 fully saturated rings. The number of ether oxygens (including phenoxy) is 2. The Morgan fingerprint density at radius 1 is 0.800 bits per heavy atom. The fourth-order valence-corrected chi connectivity index (χ4v) is 2.10. The molecule has 0 bridgehead atoms. The molecule has 0 aliphatic carbocycles. The minimum atomic E-state index is -6.48. The third kappa shape index (κ3) is 8.86. The van der Waals surface area contributed by atoms with Gasteiger partial charge in [0.2, 0.25) is 0 Å². The van der Waals surface area contributed by atoms with Crippen molar-refractivity contribution in [2.45, 2.75) is 76.1 Å². The molecule has 0 amide bonds. The predicted molar refractivity (Wildman–Crippen MR) is 89.9 cm³/mol. The molecule has 0 aromatic heterocycles. The van der Waals surface area contributed by atoms with E-state index in [1.165, 1.54) is 0 Å². The molecular formula is C18H24F8O4. The lowest BCUT2D eigenvalue weighted by Gasteiger charge is -2.31. The van der Waals surface area contributed by atoms with Gasteiger partial charge < -0.3 is 9.47 Å². The highest BCUT2D eigenvalue weighted by atomic mass is 19.4. The van der Waals surface area contributed by atoms with E-state index >= 15 is 0 Å². The smallest absolute Gasteiger partial charge is 0.381 e. The van der Waals surface area contributed by atoms with Crippen molar-refractivity contribution >= 4 is 11.9 Å². The molecule has 0 aliphatic heterocycles. The van der Waals surface area contributed by atoms with Gasteiger partial charge >= 0.3 is 36.1 Å². The van der Waals surface area contributed by atoms with E-state index in [-0.39, 0.29) is 12.7 Å². The van der Waals surface area contributed by atoms with Crippen molar-refractivity contribution in [3.05, 3.63) is 12.2 Å². The van der Waals surface area contributed by atoms with Crippen molar-refractivity contribution in [2.75, 3.05) is 13.2 Å². The van der Waals surface area contributed by atoms with Crippen molar-refractivity contribution in [1.82, 2.24) is 0 Å². The van der Waals surface area contributed by atoms with Gasteiger partial charge in [-0.05, 0) is 6.42 Å². The van der Waals surface area contributed by atoms with Gasteiger partial charge in [-0.15, -0.1) is 0 Å². The Hall–Kier alpha value is -1.88. The number of hydrogen-bond donors (Lipinski definition) is 0. The molecule has 0 radical (unpaired) electrons. The summed E-state index contributed by atoms with van der Waals surface area (Å²) in [7, 11) is 0. The summed E-state index contributed by atoms with van der Waals surface area (Å²) in [5, 5.41) is 0. The summed E-state index contributed by atoms with van der Waals surface area (Å²) in [5.41, 5.74) is 0. The second kappa shape index (κ2) is 12.7. The van der Waals surface area contributed by atoms with E-state index in [0.717, 1.165) is 38.5 Å². The van der Waals surface area contributed by atoms with E-state index < -0.39 is 42.7 Å². The van der Waals surface area contributed by atoms with E-state index in [2.05, 4.69) is 11.7 Å². The van der Waals surface area contributed by atoms with E-state index in [9.17, 15) is 44.7 Å². The number of halogens is 8. The molecule has 0 aliphatic rings. The Labute approximate surface area is 168 Å². The maximum Gasteiger partial charge on any atom is 0.381 e. The molecule has 0 atom stereocenters. The lowest BCUT2D eigenvalue weighted by atomic mass is 10.1. The molecule has 4 nitrogen and oxygen atoms in total. The highest BCUT2D eigenvalue weighted by Gasteiger charge is 2.75. The number of carbonyl (C=O) groups excluding carboxylic acids is 2. The number of esters is 2. The normalized spacial score (nSPS) is 13.1. The first-order valence-corrected chi connectivity index (χ1v) is 9.22. The lowest BCUT2D eigenvalue weighted by Crippen LogP contribution is -2.59. The second-order valence-corrected chi connectivity index (χ2v) is 6.43. The quantitative estimate of drug-likeness (QED) is 0.140. The zero-order chi connectivity index (χ0) is 23.4. The van der Waals surface area contributed by atoms with E-state index in [1.54, 1.807) is 0 Å². The van der Waals surface area contributed by atoms with Crippen LogP contribution in [0.3, 0.4) is 0 Å². The maximum absolute atomic E-state index is 13.2. The monoisotopic (exact) mass is 456 g/mol. The first kappa shape index (κ1) is 28.1. The van der Waals surface area contributed by atoms with Crippen molar-refractivity contribution in [2.24, 2.45) is 0 Å². The third-order valence-electron chi connectivity index (χ3n) is 3.90. The Balaban J connectivity index is 4.34. The van der Waals surface area contributed by atoms with Crippen LogP contribution in [-0.4, -0.2) is 49.3 Å². The molecule has 0 saturated carbocycles. The minimum Gasteiger partial charge on any atom is -0.463 e. The molecule has 0 N–H and O–H groups in total. The Kier molecular flexibility index (Phi) is 11.9. The maximum atomic E-state index is 13.2. The van der Waals surface area contributed by atoms with E-state index in [4.69, 9.17) is 4.74 Å². The average Bonchev–Trinajstić information content (AvgIpc) is 2.66. The fraction of sp³-hybridized carbons (Fsp3) is 0.778. The van der Waals surface area contributed by atoms with Crippen LogP contribution in [0.2, 0.25) is 0 Å². The number of rotatable bonds is 15. The molecule has 0 saturated heterocycles. The van der Waals surface area contributed by atoms with Gasteiger partial charge in [-0.1, -0.05) is 45.4 Å². The van der Waals surface area contributed by atoms with Crippen LogP contribution >= 0.6 is 0 Å². The number of alkyl halides is 8. The first-order valence-electron chi connectivity index (χ1n) is 9.22. The number of carbonyl (C=O) groups is 2. The van der Waals surface area contributed by atoms with Crippen molar-refractivity contribution in [3.63, 3.8) is 0 Å². The van der Waals surface area contributed by atoms with Gasteiger partial charge in [0.05, 0.1) is 6.61 Å². The fourth-order valence-electron chi connectivity index (χ4n) is 2.10. The van der Waals surface area contributed by atoms with Crippen LogP contribution in [0, 0.1) is 0 Å². The van der Waals surface area contributed by atoms with Crippen molar-refractivity contribution in [3.8, 4) is 0 Å². The topological polar surface area (TPSA) is 52.6 Å². The number of unbranched alkanes of at least 4 members (excludes halogenated alkanes) is 6. The third-order valence-corrected chi connectivity index (χ3v) is 3.90. The molecule has 176 valence electrons. The summed E-state index contributed by atoms with van der Waals surface area (Å²) in [6, 6.07) is 0. The standard InChI is InChI=1S/C18H24F8O4/c1-2-3-4-5-6-7-8-11-29-13(27)9-10-14(28)30-12-16(21,22)18(25,26)17(23,24)15(19)20/h9-10,15H,2-8,11-12H2,1H3/b10-9+. The van der Waals surface area contributed by atoms with Gasteiger partial charge in [0.1, 0.15) is 0 Å². The SMILES string of the molecule is CCCCCCCCCOC(=O)/C=C/C(=O)OCC(F)(F)C(F)(F)C(F)(F)C(F)F. The molecule has 0 spiro atoms. The largest absolute Gasteiger partial charge is 0.463 e. The Morgan fingerprint density at radius 3 is 1.77 bits per heavy atom. The predicted octanol–water partition coefficient (Wildman–Crippen LogP) is 5.55. The van der Waals surface area contributed by atoms with Crippen LogP contribution in [0.1, 0.15) is 51.9 Å². The van der Waals surface area contributed by atoms with Crippen molar-refractivity contribution < 1.29 is 54.2 Å². The van der Waals surface area contributed by atoms with Gasteiger partial charge in [0, 0.05) is 12.2 Å². The number of hydrogen-bond acceptors (Lipinski definition) is 4. The van der Waals surface area contributed by atoms with Gasteiger partial charge in [-0.25, -0.2) is 18.4 Å². The summed E-state index contributed by atoms with van der Waals surface area (Å²) < 4.78 is 110. The van der Waals surface area contributed by atoms with Gasteiger partial charge in [0.15, 0.2) is 6.61 Å². The van der Waals surface area contributed by atoms with Gasteiger partial charge in [-0.2, -0.15) is 26.3 Å². The second-order valence-electron chi connectivity index (χ2n) is 6.43. The molecular weight excluding hydrogens is 432 g/mol. The van der Waals surface area contributed by atoms with E-state index in [1.807, 2.05) is 0 Å². The van der Waals surface area contributed by atoms with Crippen LogP contribution < -0.4 is 0 Å². The molecule has 0 heterocycles. The van der Waals surface area contributed by atoms with Crippen LogP contribution in [0.25, 0.3) is 0 Å². The van der Waals surface area contributed by atoms with Crippen LogP contribution in [0.4, 0.5) is 35.1 Å². The summed E-state index contributed by atoms with van der Waals surface area (Å²) in [6.45, 7) is -0.493. The zero-order valence-corrected chi connectivity index (χ0v) is 16.3. The summed E-state index contributed by atoms with van der Waals surface area (Å²) >= 11 is 0. The van der Waals surface area contributed by atoms with Crippen LogP contribution in [0.5, 0.6) is 0 Å². The summed E-state index contributed by atoms with van der Waals surface area (Å²) in [4.78, 5) is 22.5. The molecule has 0 aromatic carbocycles.